The van der Waals surface area contributed by atoms with Gasteiger partial charge in [0.15, 0.2) is 0 Å². The maximum Gasteiger partial charge on any atom is 0.263 e. The van der Waals surface area contributed by atoms with Crippen LogP contribution in [0.5, 0.6) is 0 Å². The maximum atomic E-state index is 13.3. The van der Waals surface area contributed by atoms with Crippen molar-refractivity contribution in [2.75, 3.05) is 40.3 Å². The fourth-order valence-corrected chi connectivity index (χ4v) is 5.70. The number of carbonyl (C=O) groups is 2. The van der Waals surface area contributed by atoms with Gasteiger partial charge in [-0.15, -0.1) is 11.3 Å². The molecule has 2 aliphatic rings. The van der Waals surface area contributed by atoms with Gasteiger partial charge in [0.05, 0.1) is 16.5 Å². The molecule has 2 fully saturated rings. The minimum atomic E-state index is -0.420. The van der Waals surface area contributed by atoms with Crippen LogP contribution in [0.25, 0.3) is 0 Å². The molecule has 4 rings (SSSR count). The zero-order valence-electron chi connectivity index (χ0n) is 17.4. The van der Waals surface area contributed by atoms with Crippen LogP contribution in [0, 0.1) is 11.3 Å². The average molecular weight is 416 g/mol. The largest absolute Gasteiger partial charge is 0.348 e. The predicted molar refractivity (Wildman–Crippen MR) is 113 cm³/mol. The number of carbonyl (C=O) groups excluding carboxylic acids is 2. The highest BCUT2D eigenvalue weighted by Gasteiger charge is 2.53. The minimum Gasteiger partial charge on any atom is -0.348 e. The van der Waals surface area contributed by atoms with Gasteiger partial charge in [0.1, 0.15) is 0 Å². The van der Waals surface area contributed by atoms with E-state index >= 15 is 0 Å². The van der Waals surface area contributed by atoms with Crippen LogP contribution in [-0.2, 0) is 18.4 Å². The Morgan fingerprint density at radius 2 is 2.17 bits per heavy atom. The van der Waals surface area contributed by atoms with Crippen LogP contribution in [0.4, 0.5) is 0 Å². The Morgan fingerprint density at radius 3 is 2.83 bits per heavy atom. The molecule has 0 spiro atoms. The first-order valence-electron chi connectivity index (χ1n) is 10.1. The molecular formula is C21H29N5O2S. The van der Waals surface area contributed by atoms with Gasteiger partial charge in [-0.05, 0) is 24.3 Å². The summed E-state index contributed by atoms with van der Waals surface area (Å²) in [4.78, 5) is 33.2. The van der Waals surface area contributed by atoms with Gasteiger partial charge in [-0.25, -0.2) is 0 Å². The number of thiophene rings is 1. The van der Waals surface area contributed by atoms with E-state index in [0.29, 0.717) is 6.54 Å². The number of aryl methyl sites for hydroxylation is 1. The van der Waals surface area contributed by atoms with Crippen molar-refractivity contribution < 1.29 is 9.59 Å². The number of fused-ring (bicyclic) bond motifs is 1. The van der Waals surface area contributed by atoms with Crippen LogP contribution >= 0.6 is 11.3 Å². The van der Waals surface area contributed by atoms with Gasteiger partial charge in [-0.3, -0.25) is 19.2 Å². The SMILES string of the molecule is CN(C)C(=O)[C@]12CCCN(C(=O)c3cccs3)C[C@@H]1CN(Cc1cnn(C)c1)C2. The van der Waals surface area contributed by atoms with Gasteiger partial charge in [0.25, 0.3) is 5.91 Å². The Kier molecular flexibility index (Phi) is 5.48. The summed E-state index contributed by atoms with van der Waals surface area (Å²) in [5.74, 6) is 0.431. The van der Waals surface area contributed by atoms with E-state index in [-0.39, 0.29) is 17.7 Å². The molecule has 156 valence electrons. The highest BCUT2D eigenvalue weighted by atomic mass is 32.1. The number of aromatic nitrogens is 2. The molecule has 2 atom stereocenters. The molecule has 0 unspecified atom stereocenters. The number of hydrogen-bond donors (Lipinski definition) is 0. The molecule has 0 aromatic carbocycles. The minimum absolute atomic E-state index is 0.0961. The van der Waals surface area contributed by atoms with Gasteiger partial charge < -0.3 is 9.80 Å². The fourth-order valence-electron chi connectivity index (χ4n) is 5.00. The molecule has 0 bridgehead atoms. The monoisotopic (exact) mass is 415 g/mol. The van der Waals surface area contributed by atoms with Gasteiger partial charge >= 0.3 is 0 Å². The molecule has 2 saturated heterocycles. The van der Waals surface area contributed by atoms with Crippen molar-refractivity contribution in [3.63, 3.8) is 0 Å². The molecule has 2 aromatic rings. The van der Waals surface area contributed by atoms with Crippen molar-refractivity contribution >= 4 is 23.2 Å². The average Bonchev–Trinajstić information content (AvgIpc) is 3.40. The summed E-state index contributed by atoms with van der Waals surface area (Å²) in [6.07, 6.45) is 5.60. The summed E-state index contributed by atoms with van der Waals surface area (Å²) in [6.45, 7) is 3.71. The molecule has 0 N–H and O–H groups in total. The molecule has 29 heavy (non-hydrogen) atoms. The maximum absolute atomic E-state index is 13.3. The summed E-state index contributed by atoms with van der Waals surface area (Å²) >= 11 is 1.49. The number of rotatable bonds is 4. The van der Waals surface area contributed by atoms with E-state index in [1.807, 2.05) is 60.6 Å². The molecule has 0 radical (unpaired) electrons. The Balaban J connectivity index is 1.58. The summed E-state index contributed by atoms with van der Waals surface area (Å²) in [5.41, 5.74) is 0.735. The van der Waals surface area contributed by atoms with E-state index in [9.17, 15) is 9.59 Å². The molecule has 2 aliphatic heterocycles. The third-order valence-corrected chi connectivity index (χ3v) is 7.13. The van der Waals surface area contributed by atoms with Crippen LogP contribution in [0.15, 0.2) is 29.9 Å². The number of amides is 2. The van der Waals surface area contributed by atoms with Crippen LogP contribution in [0.2, 0.25) is 0 Å². The van der Waals surface area contributed by atoms with Crippen LogP contribution in [-0.4, -0.2) is 76.6 Å². The first-order valence-corrected chi connectivity index (χ1v) is 11.0. The molecule has 7 nitrogen and oxygen atoms in total. The molecule has 0 saturated carbocycles. The van der Waals surface area contributed by atoms with E-state index < -0.39 is 5.41 Å². The quantitative estimate of drug-likeness (QED) is 0.766. The molecule has 4 heterocycles. The predicted octanol–water partition coefficient (Wildman–Crippen LogP) is 1.92. The number of nitrogens with zero attached hydrogens (tertiary/aromatic N) is 5. The lowest BCUT2D eigenvalue weighted by atomic mass is 9.74. The van der Waals surface area contributed by atoms with Gasteiger partial charge in [0, 0.05) is 71.5 Å². The lowest BCUT2D eigenvalue weighted by Crippen LogP contribution is -2.47. The van der Waals surface area contributed by atoms with E-state index in [0.717, 1.165) is 49.5 Å². The summed E-state index contributed by atoms with van der Waals surface area (Å²) in [7, 11) is 5.61. The molecule has 2 amide bonds. The lowest BCUT2D eigenvalue weighted by Gasteiger charge is -2.35. The van der Waals surface area contributed by atoms with Crippen LogP contribution in [0.3, 0.4) is 0 Å². The van der Waals surface area contributed by atoms with E-state index in [1.165, 1.54) is 11.3 Å². The third-order valence-electron chi connectivity index (χ3n) is 6.27. The van der Waals surface area contributed by atoms with E-state index in [4.69, 9.17) is 0 Å². The topological polar surface area (TPSA) is 61.7 Å². The van der Waals surface area contributed by atoms with Crippen molar-refractivity contribution in [1.82, 2.24) is 24.5 Å². The normalized spacial score (nSPS) is 24.9. The lowest BCUT2D eigenvalue weighted by molar-refractivity contribution is -0.141. The van der Waals surface area contributed by atoms with Crippen molar-refractivity contribution in [2.45, 2.75) is 19.4 Å². The van der Waals surface area contributed by atoms with E-state index in [2.05, 4.69) is 10.00 Å². The molecular weight excluding hydrogens is 386 g/mol. The Hall–Kier alpha value is -2.19. The second-order valence-corrected chi connectivity index (χ2v) is 9.52. The van der Waals surface area contributed by atoms with Crippen LogP contribution in [0.1, 0.15) is 28.1 Å². The second kappa shape index (κ2) is 7.91. The van der Waals surface area contributed by atoms with Gasteiger partial charge in [-0.1, -0.05) is 6.07 Å². The molecule has 8 heteroatoms. The molecule has 2 aromatic heterocycles. The standard InChI is InChI=1S/C21H29N5O2S/c1-23(2)20(28)21-7-5-8-26(19(27)18-6-4-9-29-18)14-17(21)13-25(15-21)12-16-10-22-24(3)11-16/h4,6,9-11,17H,5,7-8,12-15H2,1-3H3/t17-,21-/m0/s1. The Morgan fingerprint density at radius 1 is 1.34 bits per heavy atom. The zero-order valence-corrected chi connectivity index (χ0v) is 18.2. The fraction of sp³-hybridized carbons (Fsp3) is 0.571. The van der Waals surface area contributed by atoms with Crippen molar-refractivity contribution in [3.05, 3.63) is 40.3 Å². The highest BCUT2D eigenvalue weighted by Crippen LogP contribution is 2.44. The van der Waals surface area contributed by atoms with Crippen molar-refractivity contribution in [3.8, 4) is 0 Å². The first-order chi connectivity index (χ1) is 13.9. The smallest absolute Gasteiger partial charge is 0.263 e. The number of hydrogen-bond acceptors (Lipinski definition) is 5. The Labute approximate surface area is 175 Å². The summed E-state index contributed by atoms with van der Waals surface area (Å²) in [6, 6.07) is 3.81. The Bertz CT molecular complexity index is 878. The van der Waals surface area contributed by atoms with Gasteiger partial charge in [0.2, 0.25) is 5.91 Å². The van der Waals surface area contributed by atoms with E-state index in [1.54, 1.807) is 4.90 Å². The zero-order chi connectivity index (χ0) is 20.6. The molecule has 0 aliphatic carbocycles. The summed E-state index contributed by atoms with van der Waals surface area (Å²) in [5, 5.41) is 6.21. The number of likely N-dealkylation sites (tertiary alicyclic amines) is 2. The summed E-state index contributed by atoms with van der Waals surface area (Å²) < 4.78 is 1.81. The second-order valence-electron chi connectivity index (χ2n) is 8.58. The first kappa shape index (κ1) is 20.1. The van der Waals surface area contributed by atoms with Crippen molar-refractivity contribution in [1.29, 1.82) is 0 Å². The third kappa shape index (κ3) is 3.83. The van der Waals surface area contributed by atoms with Crippen LogP contribution < -0.4 is 0 Å². The highest BCUT2D eigenvalue weighted by molar-refractivity contribution is 7.12. The van der Waals surface area contributed by atoms with Gasteiger partial charge in [-0.2, -0.15) is 5.10 Å². The van der Waals surface area contributed by atoms with Crippen molar-refractivity contribution in [2.24, 2.45) is 18.4 Å².